The number of ether oxygens (including phenoxy) is 1. The fourth-order valence-electron chi connectivity index (χ4n) is 1.61. The second-order valence-electron chi connectivity index (χ2n) is 4.11. The number of nitrogens with zero attached hydrogens (tertiary/aromatic N) is 1. The molecule has 2 aromatic carbocycles. The second-order valence-corrected chi connectivity index (χ2v) is 4.11. The molecular weight excluding hydrogens is 246 g/mol. The van der Waals surface area contributed by atoms with E-state index in [2.05, 4.69) is 23.8 Å². The highest BCUT2D eigenvalue weighted by Gasteiger charge is 1.92. The first-order valence-corrected chi connectivity index (χ1v) is 6.24. The maximum Gasteiger partial charge on any atom is 0.118 e. The van der Waals surface area contributed by atoms with E-state index < -0.39 is 0 Å². The van der Waals surface area contributed by atoms with Gasteiger partial charge < -0.3 is 9.64 Å². The van der Waals surface area contributed by atoms with Crippen molar-refractivity contribution >= 4 is 5.69 Å². The lowest BCUT2D eigenvalue weighted by atomic mass is 10.2. The molecule has 0 saturated carbocycles. The molecule has 0 spiro atoms. The van der Waals surface area contributed by atoms with Crippen LogP contribution < -0.4 is 9.64 Å². The third-order valence-electron chi connectivity index (χ3n) is 2.73. The molecule has 2 nitrogen and oxygen atoms in total. The Morgan fingerprint density at radius 1 is 0.900 bits per heavy atom. The lowest BCUT2D eigenvalue weighted by Crippen LogP contribution is -2.07. The smallest absolute Gasteiger partial charge is 0.118 e. The van der Waals surface area contributed by atoms with E-state index in [1.165, 1.54) is 0 Å². The van der Waals surface area contributed by atoms with Gasteiger partial charge in [-0.25, -0.2) is 0 Å². The Labute approximate surface area is 120 Å². The van der Waals surface area contributed by atoms with E-state index in [0.29, 0.717) is 0 Å². The Kier molecular flexibility index (Phi) is 4.70. The lowest BCUT2D eigenvalue weighted by Gasteiger charge is -2.09. The number of anilines is 1. The van der Waals surface area contributed by atoms with Crippen molar-refractivity contribution in [3.8, 4) is 29.6 Å². The molecule has 0 aliphatic rings. The number of benzene rings is 2. The number of hydrogen-bond donors (Lipinski definition) is 0. The van der Waals surface area contributed by atoms with Crippen LogP contribution in [0.3, 0.4) is 0 Å². The van der Waals surface area contributed by atoms with Gasteiger partial charge in [0.1, 0.15) is 5.75 Å². The van der Waals surface area contributed by atoms with Crippen molar-refractivity contribution in [3.63, 3.8) is 0 Å². The van der Waals surface area contributed by atoms with Crippen molar-refractivity contribution in [2.45, 2.75) is 0 Å². The molecule has 98 valence electrons. The minimum Gasteiger partial charge on any atom is -0.497 e. The summed E-state index contributed by atoms with van der Waals surface area (Å²) in [6.45, 7) is 0. The summed E-state index contributed by atoms with van der Waals surface area (Å²) in [5.74, 6) is 9.51. The average molecular weight is 261 g/mol. The van der Waals surface area contributed by atoms with Crippen LogP contribution in [0.2, 0.25) is 0 Å². The molecule has 0 aromatic heterocycles. The van der Waals surface area contributed by atoms with Gasteiger partial charge in [-0.05, 0) is 42.3 Å². The Hall–Kier alpha value is -2.84. The number of para-hydroxylation sites is 1. The van der Waals surface area contributed by atoms with Crippen molar-refractivity contribution in [2.75, 3.05) is 19.1 Å². The zero-order valence-electron chi connectivity index (χ0n) is 11.6. The fraction of sp³-hybridized carbons (Fsp3) is 0.111. The number of hydrogen-bond acceptors (Lipinski definition) is 2. The molecule has 0 aliphatic heterocycles. The van der Waals surface area contributed by atoms with Crippen molar-refractivity contribution < 1.29 is 4.74 Å². The van der Waals surface area contributed by atoms with Gasteiger partial charge in [0.2, 0.25) is 0 Å². The summed E-state index contributed by atoms with van der Waals surface area (Å²) in [7, 11) is 3.56. The third kappa shape index (κ3) is 3.83. The van der Waals surface area contributed by atoms with Gasteiger partial charge in [-0.1, -0.05) is 24.1 Å². The molecule has 20 heavy (non-hydrogen) atoms. The molecule has 0 radical (unpaired) electrons. The first-order chi connectivity index (χ1) is 9.79. The lowest BCUT2D eigenvalue weighted by molar-refractivity contribution is 0.415. The third-order valence-corrected chi connectivity index (χ3v) is 2.73. The van der Waals surface area contributed by atoms with Crippen LogP contribution in [0.1, 0.15) is 5.56 Å². The molecule has 2 rings (SSSR count). The summed E-state index contributed by atoms with van der Waals surface area (Å²) in [4.78, 5) is 1.85. The Morgan fingerprint density at radius 3 is 2.25 bits per heavy atom. The molecule has 0 aliphatic carbocycles. The molecule has 0 N–H and O–H groups in total. The molecule has 0 fully saturated rings. The normalized spacial score (nSPS) is 8.70. The van der Waals surface area contributed by atoms with Crippen molar-refractivity contribution in [1.82, 2.24) is 0 Å². The molecule has 0 heterocycles. The van der Waals surface area contributed by atoms with Gasteiger partial charge in [0.25, 0.3) is 0 Å². The summed E-state index contributed by atoms with van der Waals surface area (Å²) >= 11 is 0. The van der Waals surface area contributed by atoms with E-state index in [4.69, 9.17) is 4.74 Å². The minimum atomic E-state index is 0.824. The first-order valence-electron chi connectivity index (χ1n) is 6.24. The molecule has 0 bridgehead atoms. The summed E-state index contributed by atoms with van der Waals surface area (Å²) < 4.78 is 5.09. The van der Waals surface area contributed by atoms with E-state index in [0.717, 1.165) is 17.0 Å². The van der Waals surface area contributed by atoms with E-state index in [1.807, 2.05) is 66.5 Å². The van der Waals surface area contributed by atoms with Crippen LogP contribution >= 0.6 is 0 Å². The average Bonchev–Trinajstić information content (AvgIpc) is 2.53. The maximum absolute atomic E-state index is 5.09. The SMILES string of the molecule is COc1ccc(C#CC#CN(C)c2ccccc2)cc1. The van der Waals surface area contributed by atoms with E-state index in [9.17, 15) is 0 Å². The summed E-state index contributed by atoms with van der Waals surface area (Å²) in [6.07, 6.45) is 0. The highest BCUT2D eigenvalue weighted by Crippen LogP contribution is 2.10. The van der Waals surface area contributed by atoms with E-state index >= 15 is 0 Å². The molecule has 0 amide bonds. The summed E-state index contributed by atoms with van der Waals surface area (Å²) in [6, 6.07) is 20.5. The first kappa shape index (κ1) is 13.6. The van der Waals surface area contributed by atoms with Crippen LogP contribution in [0, 0.1) is 23.8 Å². The second kappa shape index (κ2) is 6.92. The van der Waals surface area contributed by atoms with Gasteiger partial charge in [0, 0.05) is 30.3 Å². The highest BCUT2D eigenvalue weighted by molar-refractivity contribution is 5.52. The molecule has 2 heteroatoms. The molecular formula is C18H15NO. The van der Waals surface area contributed by atoms with E-state index in [-0.39, 0.29) is 0 Å². The highest BCUT2D eigenvalue weighted by atomic mass is 16.5. The van der Waals surface area contributed by atoms with E-state index in [1.54, 1.807) is 7.11 Å². The zero-order chi connectivity index (χ0) is 14.2. The van der Waals surface area contributed by atoms with Crippen LogP contribution in [0.5, 0.6) is 5.75 Å². The monoisotopic (exact) mass is 261 g/mol. The standard InChI is InChI=1S/C18H15NO/c1-19(17-9-4-3-5-10-17)15-7-6-8-16-11-13-18(20-2)14-12-16/h3-5,9-14H,1-2H3. The maximum atomic E-state index is 5.09. The minimum absolute atomic E-state index is 0.824. The predicted octanol–water partition coefficient (Wildman–Crippen LogP) is 3.14. The van der Waals surface area contributed by atoms with Crippen molar-refractivity contribution in [3.05, 3.63) is 60.2 Å². The number of methoxy groups -OCH3 is 1. The van der Waals surface area contributed by atoms with Crippen LogP contribution in [0.4, 0.5) is 5.69 Å². The molecule has 0 saturated heterocycles. The zero-order valence-corrected chi connectivity index (χ0v) is 11.6. The summed E-state index contributed by atoms with van der Waals surface area (Å²) in [5, 5.41) is 0. The molecule has 2 aromatic rings. The van der Waals surface area contributed by atoms with Gasteiger partial charge in [-0.2, -0.15) is 0 Å². The number of rotatable bonds is 2. The van der Waals surface area contributed by atoms with Gasteiger partial charge in [0.15, 0.2) is 0 Å². The van der Waals surface area contributed by atoms with Crippen molar-refractivity contribution in [1.29, 1.82) is 0 Å². The largest absolute Gasteiger partial charge is 0.497 e. The van der Waals surface area contributed by atoms with Crippen LogP contribution in [-0.2, 0) is 0 Å². The summed E-state index contributed by atoms with van der Waals surface area (Å²) in [5.41, 5.74) is 1.97. The quantitative estimate of drug-likeness (QED) is 0.608. The molecule has 0 unspecified atom stereocenters. The van der Waals surface area contributed by atoms with Gasteiger partial charge in [-0.15, -0.1) is 0 Å². The Morgan fingerprint density at radius 2 is 1.60 bits per heavy atom. The topological polar surface area (TPSA) is 12.5 Å². The van der Waals surface area contributed by atoms with Gasteiger partial charge in [0.05, 0.1) is 7.11 Å². The predicted molar refractivity (Wildman–Crippen MR) is 82.5 cm³/mol. The van der Waals surface area contributed by atoms with Gasteiger partial charge >= 0.3 is 0 Å². The van der Waals surface area contributed by atoms with Gasteiger partial charge in [-0.3, -0.25) is 0 Å². The van der Waals surface area contributed by atoms with Crippen molar-refractivity contribution in [2.24, 2.45) is 0 Å². The fourth-order valence-corrected chi connectivity index (χ4v) is 1.61. The molecule has 0 atom stereocenters. The van der Waals surface area contributed by atoms with Crippen LogP contribution in [0.25, 0.3) is 0 Å². The van der Waals surface area contributed by atoms with Crippen LogP contribution in [0.15, 0.2) is 54.6 Å². The van der Waals surface area contributed by atoms with Crippen LogP contribution in [-0.4, -0.2) is 14.2 Å². The Bertz CT molecular complexity index is 667. The Balaban J connectivity index is 2.02.